The molecule has 172 valence electrons. The van der Waals surface area contributed by atoms with Gasteiger partial charge in [0.25, 0.3) is 5.69 Å². The molecule has 0 bridgehead atoms. The number of benzene rings is 2. The third-order valence-corrected chi connectivity index (χ3v) is 6.26. The molecule has 2 aromatic carbocycles. The Bertz CT molecular complexity index is 1080. The molecule has 2 aromatic rings. The van der Waals surface area contributed by atoms with E-state index in [1.807, 2.05) is 18.2 Å². The first-order chi connectivity index (χ1) is 15.2. The zero-order valence-electron chi connectivity index (χ0n) is 17.6. The van der Waals surface area contributed by atoms with Gasteiger partial charge in [-0.2, -0.15) is 0 Å². The molecule has 0 atom stereocenters. The highest BCUT2D eigenvalue weighted by atomic mass is 32.2. The number of carbonyl (C=O) groups is 1. The van der Waals surface area contributed by atoms with Crippen molar-refractivity contribution >= 4 is 27.3 Å². The van der Waals surface area contributed by atoms with Gasteiger partial charge in [0, 0.05) is 32.1 Å². The van der Waals surface area contributed by atoms with E-state index >= 15 is 0 Å². The van der Waals surface area contributed by atoms with Gasteiger partial charge in [0.15, 0.2) is 0 Å². The van der Waals surface area contributed by atoms with Gasteiger partial charge in [-0.05, 0) is 49.2 Å². The van der Waals surface area contributed by atoms with Crippen LogP contribution < -0.4 is 15.8 Å². The molecule has 11 heteroatoms. The average molecular weight is 462 g/mol. The van der Waals surface area contributed by atoms with E-state index in [0.29, 0.717) is 6.54 Å². The molecule has 1 amide bonds. The lowest BCUT2D eigenvalue weighted by Crippen LogP contribution is -2.26. The Labute approximate surface area is 187 Å². The molecular weight excluding hydrogens is 434 g/mol. The number of amides is 1. The highest BCUT2D eigenvalue weighted by Crippen LogP contribution is 2.27. The van der Waals surface area contributed by atoms with E-state index in [2.05, 4.69) is 21.6 Å². The lowest BCUT2D eigenvalue weighted by Gasteiger charge is -2.17. The van der Waals surface area contributed by atoms with Gasteiger partial charge in [-0.3, -0.25) is 19.8 Å². The minimum Gasteiger partial charge on any atom is -0.379 e. The average Bonchev–Trinajstić information content (AvgIpc) is 3.25. The predicted molar refractivity (Wildman–Crippen MR) is 120 cm³/mol. The van der Waals surface area contributed by atoms with Gasteiger partial charge in [-0.1, -0.05) is 24.3 Å². The summed E-state index contributed by atoms with van der Waals surface area (Å²) >= 11 is 0. The van der Waals surface area contributed by atoms with Crippen LogP contribution in [0.4, 0.5) is 11.4 Å². The maximum absolute atomic E-state index is 12.3. The lowest BCUT2D eigenvalue weighted by atomic mass is 10.1. The normalized spacial score (nSPS) is 14.3. The summed E-state index contributed by atoms with van der Waals surface area (Å²) in [5, 5.41) is 22.0. The summed E-state index contributed by atoms with van der Waals surface area (Å²) in [6.07, 6.45) is 2.53. The van der Waals surface area contributed by atoms with Crippen molar-refractivity contribution < 1.29 is 18.1 Å². The molecule has 0 radical (unpaired) electrons. The van der Waals surface area contributed by atoms with Crippen molar-refractivity contribution in [3.63, 3.8) is 0 Å². The highest BCUT2D eigenvalue weighted by molar-refractivity contribution is 7.89. The van der Waals surface area contributed by atoms with Crippen LogP contribution in [-0.4, -0.2) is 43.8 Å². The largest absolute Gasteiger partial charge is 0.379 e. The number of likely N-dealkylation sites (tertiary alicyclic amines) is 1. The van der Waals surface area contributed by atoms with E-state index in [1.165, 1.54) is 30.5 Å². The number of nitrogens with one attached hydrogen (secondary N) is 2. The van der Waals surface area contributed by atoms with Crippen molar-refractivity contribution in [2.24, 2.45) is 5.14 Å². The van der Waals surface area contributed by atoms with Gasteiger partial charge in [0.2, 0.25) is 15.9 Å². The molecule has 0 unspecified atom stereocenters. The predicted octanol–water partition coefficient (Wildman–Crippen LogP) is 1.96. The van der Waals surface area contributed by atoms with Crippen molar-refractivity contribution in [2.75, 3.05) is 25.0 Å². The van der Waals surface area contributed by atoms with Crippen LogP contribution in [0.2, 0.25) is 0 Å². The van der Waals surface area contributed by atoms with Gasteiger partial charge in [-0.25, -0.2) is 13.6 Å². The molecule has 32 heavy (non-hydrogen) atoms. The number of hydrogen-bond acceptors (Lipinski definition) is 7. The van der Waals surface area contributed by atoms with Crippen LogP contribution in [0.25, 0.3) is 0 Å². The number of carbonyl (C=O) groups excluding carboxylic acids is 1. The van der Waals surface area contributed by atoms with Crippen molar-refractivity contribution in [3.05, 3.63) is 63.7 Å². The summed E-state index contributed by atoms with van der Waals surface area (Å²) in [7, 11) is -4.05. The maximum Gasteiger partial charge on any atom is 0.293 e. The summed E-state index contributed by atoms with van der Waals surface area (Å²) < 4.78 is 22.8. The third kappa shape index (κ3) is 6.49. The minimum atomic E-state index is -4.05. The van der Waals surface area contributed by atoms with Crippen LogP contribution in [0.3, 0.4) is 0 Å². The molecule has 1 aliphatic rings. The van der Waals surface area contributed by atoms with Crippen LogP contribution >= 0.6 is 0 Å². The molecule has 3 rings (SSSR count). The smallest absolute Gasteiger partial charge is 0.293 e. The van der Waals surface area contributed by atoms with Gasteiger partial charge in [0.1, 0.15) is 5.69 Å². The van der Waals surface area contributed by atoms with E-state index in [-0.39, 0.29) is 29.5 Å². The number of nitro benzene ring substituents is 1. The standard InChI is InChI=1S/C21H27N5O5S/c22-32(30,31)18-7-8-19(20(13-18)26(28)29)23-10-9-21(27)24-14-16-5-1-2-6-17(16)15-25-11-3-4-12-25/h1-2,5-8,13,23H,3-4,9-12,14-15H2,(H,24,27)(H2,22,30,31). The molecule has 4 N–H and O–H groups in total. The number of sulfonamides is 1. The lowest BCUT2D eigenvalue weighted by molar-refractivity contribution is -0.384. The number of nitrogens with zero attached hydrogens (tertiary/aromatic N) is 2. The SMILES string of the molecule is NS(=O)(=O)c1ccc(NCCC(=O)NCc2ccccc2CN2CCCC2)c([N+](=O)[O-])c1. The fourth-order valence-electron chi connectivity index (χ4n) is 3.65. The highest BCUT2D eigenvalue weighted by Gasteiger charge is 2.19. The first kappa shape index (κ1) is 23.6. The van der Waals surface area contributed by atoms with Crippen LogP contribution in [-0.2, 0) is 27.9 Å². The maximum atomic E-state index is 12.3. The van der Waals surface area contributed by atoms with Gasteiger partial charge in [0.05, 0.1) is 9.82 Å². The Morgan fingerprint density at radius 2 is 1.81 bits per heavy atom. The summed E-state index contributed by atoms with van der Waals surface area (Å²) in [5.41, 5.74) is 1.95. The van der Waals surface area contributed by atoms with E-state index in [1.54, 1.807) is 0 Å². The molecule has 1 saturated heterocycles. The monoisotopic (exact) mass is 461 g/mol. The van der Waals surface area contributed by atoms with Crippen molar-refractivity contribution in [2.45, 2.75) is 37.2 Å². The molecule has 0 aromatic heterocycles. The first-order valence-corrected chi connectivity index (χ1v) is 11.9. The summed E-state index contributed by atoms with van der Waals surface area (Å²) in [6, 6.07) is 11.4. The number of nitro groups is 1. The number of primary sulfonamides is 1. The molecule has 0 aliphatic carbocycles. The third-order valence-electron chi connectivity index (χ3n) is 5.35. The Kier molecular flexibility index (Phi) is 7.78. The van der Waals surface area contributed by atoms with Crippen LogP contribution in [0.15, 0.2) is 47.4 Å². The van der Waals surface area contributed by atoms with E-state index in [4.69, 9.17) is 5.14 Å². The Morgan fingerprint density at radius 3 is 2.47 bits per heavy atom. The fraction of sp³-hybridized carbons (Fsp3) is 0.381. The molecule has 0 saturated carbocycles. The number of nitrogens with two attached hydrogens (primary N) is 1. The van der Waals surface area contributed by atoms with Gasteiger partial charge >= 0.3 is 0 Å². The summed E-state index contributed by atoms with van der Waals surface area (Å²) in [5.74, 6) is -0.197. The Morgan fingerprint density at radius 1 is 1.12 bits per heavy atom. The second-order valence-corrected chi connectivity index (χ2v) is 9.25. The second-order valence-electron chi connectivity index (χ2n) is 7.69. The zero-order chi connectivity index (χ0) is 23.1. The van der Waals surface area contributed by atoms with E-state index in [9.17, 15) is 23.3 Å². The van der Waals surface area contributed by atoms with Crippen molar-refractivity contribution in [1.29, 1.82) is 0 Å². The number of anilines is 1. The van der Waals surface area contributed by atoms with Crippen LogP contribution in [0.1, 0.15) is 30.4 Å². The molecule has 1 heterocycles. The molecular formula is C21H27N5O5S. The number of rotatable bonds is 10. The molecule has 10 nitrogen and oxygen atoms in total. The number of hydrogen-bond donors (Lipinski definition) is 3. The summed E-state index contributed by atoms with van der Waals surface area (Å²) in [4.78, 5) is 24.9. The Balaban J connectivity index is 1.52. The topological polar surface area (TPSA) is 148 Å². The van der Waals surface area contributed by atoms with Crippen molar-refractivity contribution in [3.8, 4) is 0 Å². The van der Waals surface area contributed by atoms with E-state index in [0.717, 1.165) is 31.3 Å². The second kappa shape index (κ2) is 10.5. The van der Waals surface area contributed by atoms with Gasteiger partial charge in [-0.15, -0.1) is 0 Å². The van der Waals surface area contributed by atoms with Crippen molar-refractivity contribution in [1.82, 2.24) is 10.2 Å². The van der Waals surface area contributed by atoms with Crippen LogP contribution in [0.5, 0.6) is 0 Å². The van der Waals surface area contributed by atoms with E-state index < -0.39 is 20.6 Å². The molecule has 1 fully saturated rings. The van der Waals surface area contributed by atoms with Crippen LogP contribution in [0, 0.1) is 10.1 Å². The molecule has 1 aliphatic heterocycles. The zero-order valence-corrected chi connectivity index (χ0v) is 18.4. The van der Waals surface area contributed by atoms with Gasteiger partial charge < -0.3 is 10.6 Å². The fourth-order valence-corrected chi connectivity index (χ4v) is 4.18. The molecule has 0 spiro atoms. The Hall–Kier alpha value is -3.02. The quantitative estimate of drug-likeness (QED) is 0.362. The first-order valence-electron chi connectivity index (χ1n) is 10.3. The summed E-state index contributed by atoms with van der Waals surface area (Å²) in [6.45, 7) is 3.61. The minimum absolute atomic E-state index is 0.0996.